The van der Waals surface area contributed by atoms with E-state index < -0.39 is 21.7 Å². The van der Waals surface area contributed by atoms with Gasteiger partial charge in [0.2, 0.25) is 5.89 Å². The lowest BCUT2D eigenvalue weighted by molar-refractivity contribution is -0.166. The zero-order valence-electron chi connectivity index (χ0n) is 14.3. The van der Waals surface area contributed by atoms with Gasteiger partial charge in [0.15, 0.2) is 5.82 Å². The summed E-state index contributed by atoms with van der Waals surface area (Å²) >= 11 is 0. The molecule has 4 rings (SSSR count). The maximum absolute atomic E-state index is 12.7. The molecule has 2 fully saturated rings. The number of halogens is 3. The molecule has 1 aliphatic heterocycles. The van der Waals surface area contributed by atoms with Gasteiger partial charge in [-0.25, -0.2) is 0 Å². The van der Waals surface area contributed by atoms with E-state index in [0.717, 1.165) is 5.56 Å². The minimum Gasteiger partial charge on any atom is -0.338 e. The van der Waals surface area contributed by atoms with E-state index in [1.807, 2.05) is 6.92 Å². The van der Waals surface area contributed by atoms with E-state index in [0.29, 0.717) is 18.9 Å². The van der Waals surface area contributed by atoms with Crippen LogP contribution in [0.15, 0.2) is 33.7 Å². The summed E-state index contributed by atoms with van der Waals surface area (Å²) in [6, 6.07) is 5.99. The van der Waals surface area contributed by atoms with E-state index >= 15 is 0 Å². The number of benzene rings is 1. The molecule has 7 nitrogen and oxygen atoms in total. The molecule has 1 saturated heterocycles. The van der Waals surface area contributed by atoms with E-state index in [-0.39, 0.29) is 29.5 Å². The van der Waals surface area contributed by atoms with Crippen molar-refractivity contribution in [3.63, 3.8) is 0 Å². The maximum Gasteiger partial charge on any atom is 0.403 e. The van der Waals surface area contributed by atoms with Crippen LogP contribution in [0.5, 0.6) is 0 Å². The van der Waals surface area contributed by atoms with Crippen LogP contribution in [0, 0.1) is 6.92 Å². The molecule has 0 radical (unpaired) electrons. The Hall–Kier alpha value is -1.98. The summed E-state index contributed by atoms with van der Waals surface area (Å²) in [6.45, 7) is 3.25. The normalized spacial score (nSPS) is 19.0. The van der Waals surface area contributed by atoms with E-state index in [1.54, 1.807) is 12.1 Å². The lowest BCUT2D eigenvalue weighted by Gasteiger charge is -2.23. The Balaban J connectivity index is 0.000000168. The SMILES string of the molecule is Cc1ccc(S(=O)(=O)O)cc1.FC(F)(F)C1(c2nc(C3CNC3)no2)CC1. The molecule has 2 N–H and O–H groups in total. The Labute approximate surface area is 153 Å². The Kier molecular flexibility index (Phi) is 5.04. The fourth-order valence-corrected chi connectivity index (χ4v) is 3.00. The Morgan fingerprint density at radius 1 is 1.22 bits per heavy atom. The highest BCUT2D eigenvalue weighted by Crippen LogP contribution is 2.58. The lowest BCUT2D eigenvalue weighted by Crippen LogP contribution is -2.40. The van der Waals surface area contributed by atoms with E-state index in [1.165, 1.54) is 12.1 Å². The van der Waals surface area contributed by atoms with Crippen LogP contribution < -0.4 is 5.32 Å². The topological polar surface area (TPSA) is 105 Å². The quantitative estimate of drug-likeness (QED) is 0.756. The predicted octanol–water partition coefficient (Wildman–Crippen LogP) is 2.59. The third-order valence-electron chi connectivity index (χ3n) is 4.61. The number of nitrogens with one attached hydrogen (secondary N) is 1. The summed E-state index contributed by atoms with van der Waals surface area (Å²) < 4.78 is 72.6. The number of rotatable bonds is 3. The average molecular weight is 405 g/mol. The fraction of sp³-hybridized carbons (Fsp3) is 0.500. The molecule has 0 bridgehead atoms. The van der Waals surface area contributed by atoms with Crippen molar-refractivity contribution in [1.29, 1.82) is 0 Å². The van der Waals surface area contributed by atoms with Gasteiger partial charge in [0, 0.05) is 19.0 Å². The van der Waals surface area contributed by atoms with Crippen molar-refractivity contribution in [2.45, 2.75) is 42.2 Å². The summed E-state index contributed by atoms with van der Waals surface area (Å²) in [6.07, 6.45) is -4.17. The largest absolute Gasteiger partial charge is 0.403 e. The standard InChI is InChI=1S/C9H10F3N3O.C7H8O3S/c10-9(11,12)8(1-2-8)7-14-6(15-16-7)5-3-13-4-5;1-6-2-4-7(5-3-6)11(8,9)10/h5,13H,1-4H2;2-5H,1H3,(H,8,9,10). The second-order valence-corrected chi connectivity index (χ2v) is 8.10. The molecule has 1 saturated carbocycles. The summed E-state index contributed by atoms with van der Waals surface area (Å²) in [5.74, 6) is 0.229. The molecule has 1 aliphatic carbocycles. The Morgan fingerprint density at radius 2 is 1.81 bits per heavy atom. The predicted molar refractivity (Wildman–Crippen MR) is 87.9 cm³/mol. The zero-order chi connectivity index (χ0) is 19.9. The van der Waals surface area contributed by atoms with Crippen molar-refractivity contribution >= 4 is 10.1 Å². The molecular formula is C16H18F3N3O4S. The lowest BCUT2D eigenvalue weighted by atomic mass is 10.0. The van der Waals surface area contributed by atoms with Crippen LogP contribution in [0.1, 0.15) is 36.0 Å². The van der Waals surface area contributed by atoms with Gasteiger partial charge >= 0.3 is 6.18 Å². The molecule has 11 heteroatoms. The van der Waals surface area contributed by atoms with Crippen LogP contribution in [0.3, 0.4) is 0 Å². The molecule has 2 aliphatic rings. The number of hydrogen-bond acceptors (Lipinski definition) is 6. The molecule has 0 spiro atoms. The smallest absolute Gasteiger partial charge is 0.338 e. The fourth-order valence-electron chi connectivity index (χ4n) is 2.52. The molecule has 0 amide bonds. The van der Waals surface area contributed by atoms with Crippen molar-refractivity contribution < 1.29 is 30.7 Å². The molecule has 0 atom stereocenters. The van der Waals surface area contributed by atoms with Gasteiger partial charge in [0.1, 0.15) is 5.41 Å². The minimum absolute atomic E-state index is 0.0566. The van der Waals surface area contributed by atoms with Crippen LogP contribution in [0.2, 0.25) is 0 Å². The van der Waals surface area contributed by atoms with Crippen LogP contribution in [-0.4, -0.2) is 42.4 Å². The van der Waals surface area contributed by atoms with Gasteiger partial charge in [-0.1, -0.05) is 22.9 Å². The Morgan fingerprint density at radius 3 is 2.22 bits per heavy atom. The molecule has 0 unspecified atom stereocenters. The second-order valence-electron chi connectivity index (χ2n) is 6.68. The monoisotopic (exact) mass is 405 g/mol. The van der Waals surface area contributed by atoms with E-state index in [2.05, 4.69) is 15.5 Å². The van der Waals surface area contributed by atoms with Crippen molar-refractivity contribution in [3.05, 3.63) is 41.5 Å². The van der Waals surface area contributed by atoms with E-state index in [4.69, 9.17) is 9.08 Å². The Bertz CT molecular complexity index is 902. The van der Waals surface area contributed by atoms with Gasteiger partial charge in [-0.05, 0) is 31.9 Å². The zero-order valence-corrected chi connectivity index (χ0v) is 15.1. The van der Waals surface area contributed by atoms with Gasteiger partial charge < -0.3 is 9.84 Å². The number of nitrogens with zero attached hydrogens (tertiary/aromatic N) is 2. The molecular weight excluding hydrogens is 387 g/mol. The van der Waals surface area contributed by atoms with Gasteiger partial charge in [-0.2, -0.15) is 26.6 Å². The first-order valence-corrected chi connectivity index (χ1v) is 9.63. The summed E-state index contributed by atoms with van der Waals surface area (Å²) in [5.41, 5.74) is -0.896. The van der Waals surface area contributed by atoms with Crippen molar-refractivity contribution in [2.75, 3.05) is 13.1 Å². The van der Waals surface area contributed by atoms with Gasteiger partial charge in [0.05, 0.1) is 4.90 Å². The molecule has 1 aromatic heterocycles. The van der Waals surface area contributed by atoms with E-state index in [9.17, 15) is 21.6 Å². The number of alkyl halides is 3. The van der Waals surface area contributed by atoms with Crippen LogP contribution in [-0.2, 0) is 15.5 Å². The number of hydrogen-bond donors (Lipinski definition) is 2. The average Bonchev–Trinajstić information content (AvgIpc) is 3.20. The number of aryl methyl sites for hydroxylation is 1. The molecule has 2 aromatic rings. The maximum atomic E-state index is 12.7. The van der Waals surface area contributed by atoms with Gasteiger partial charge in [-0.15, -0.1) is 0 Å². The van der Waals surface area contributed by atoms with Crippen molar-refractivity contribution in [3.8, 4) is 0 Å². The molecule has 27 heavy (non-hydrogen) atoms. The van der Waals surface area contributed by atoms with Crippen LogP contribution in [0.4, 0.5) is 13.2 Å². The number of aromatic nitrogens is 2. The van der Waals surface area contributed by atoms with Crippen LogP contribution in [0.25, 0.3) is 0 Å². The third kappa shape index (κ3) is 4.14. The second kappa shape index (κ2) is 6.88. The first-order chi connectivity index (χ1) is 12.5. The van der Waals surface area contributed by atoms with Gasteiger partial charge in [0.25, 0.3) is 10.1 Å². The van der Waals surface area contributed by atoms with Crippen LogP contribution >= 0.6 is 0 Å². The van der Waals surface area contributed by atoms with Crippen molar-refractivity contribution in [1.82, 2.24) is 15.5 Å². The summed E-state index contributed by atoms with van der Waals surface area (Å²) in [7, 11) is -4.02. The first kappa shape index (κ1) is 19.8. The highest BCUT2D eigenvalue weighted by Gasteiger charge is 2.68. The highest BCUT2D eigenvalue weighted by molar-refractivity contribution is 7.85. The summed E-state index contributed by atoms with van der Waals surface area (Å²) in [5, 5.41) is 6.64. The minimum atomic E-state index is -4.28. The highest BCUT2D eigenvalue weighted by atomic mass is 32.2. The third-order valence-corrected chi connectivity index (χ3v) is 5.48. The van der Waals surface area contributed by atoms with Gasteiger partial charge in [-0.3, -0.25) is 4.55 Å². The summed E-state index contributed by atoms with van der Waals surface area (Å²) in [4.78, 5) is 3.83. The first-order valence-electron chi connectivity index (χ1n) is 8.19. The molecule has 2 heterocycles. The van der Waals surface area contributed by atoms with Crippen molar-refractivity contribution in [2.24, 2.45) is 0 Å². The molecule has 1 aromatic carbocycles. The molecule has 148 valence electrons.